The van der Waals surface area contributed by atoms with Gasteiger partial charge >= 0.3 is 0 Å². The van der Waals surface area contributed by atoms with E-state index in [1.54, 1.807) is 13.0 Å². The number of benzene rings is 2. The minimum Gasteiger partial charge on any atom is -0.347 e. The van der Waals surface area contributed by atoms with Gasteiger partial charge < -0.3 is 5.32 Å². The third-order valence-electron chi connectivity index (χ3n) is 4.62. The van der Waals surface area contributed by atoms with Crippen molar-refractivity contribution in [2.75, 3.05) is 10.6 Å². The molecule has 0 spiro atoms. The second kappa shape index (κ2) is 9.19. The molecule has 0 heterocycles. The Labute approximate surface area is 166 Å². The van der Waals surface area contributed by atoms with Crippen molar-refractivity contribution in [1.29, 1.82) is 0 Å². The number of carbonyl (C=O) groups is 1. The second-order valence-corrected chi connectivity index (χ2v) is 8.67. The smallest absolute Gasteiger partial charge is 0.244 e. The number of aryl methyl sites for hydroxylation is 1. The SMILES string of the molecule is CC[C@H](NC(=O)[C@H](CC)N(c1ccccc1F)S(C)(=O)=O)c1ccc(C)cc1. The normalized spacial score (nSPS) is 13.6. The van der Waals surface area contributed by atoms with Gasteiger partial charge in [0.2, 0.25) is 15.9 Å². The van der Waals surface area contributed by atoms with E-state index in [2.05, 4.69) is 5.32 Å². The fraction of sp³-hybridized carbons (Fsp3) is 0.381. The molecule has 2 atom stereocenters. The number of amides is 1. The van der Waals surface area contributed by atoms with Gasteiger partial charge in [0.25, 0.3) is 0 Å². The van der Waals surface area contributed by atoms with Crippen LogP contribution in [0.2, 0.25) is 0 Å². The van der Waals surface area contributed by atoms with Crippen molar-refractivity contribution >= 4 is 21.6 Å². The summed E-state index contributed by atoms with van der Waals surface area (Å²) in [7, 11) is -3.88. The van der Waals surface area contributed by atoms with Gasteiger partial charge in [0.1, 0.15) is 11.9 Å². The average Bonchev–Trinajstić information content (AvgIpc) is 2.64. The second-order valence-electron chi connectivity index (χ2n) is 6.81. The van der Waals surface area contributed by atoms with Crippen molar-refractivity contribution in [3.8, 4) is 0 Å². The number of hydrogen-bond donors (Lipinski definition) is 1. The van der Waals surface area contributed by atoms with E-state index in [1.165, 1.54) is 18.2 Å². The maximum Gasteiger partial charge on any atom is 0.244 e. The lowest BCUT2D eigenvalue weighted by Crippen LogP contribution is -2.50. The molecule has 1 amide bonds. The summed E-state index contributed by atoms with van der Waals surface area (Å²) in [5, 5.41) is 2.93. The Hall–Kier alpha value is -2.41. The molecule has 0 radical (unpaired) electrons. The van der Waals surface area contributed by atoms with Crippen LogP contribution in [0.15, 0.2) is 48.5 Å². The summed E-state index contributed by atoms with van der Waals surface area (Å²) >= 11 is 0. The van der Waals surface area contributed by atoms with Crippen molar-refractivity contribution in [3.63, 3.8) is 0 Å². The Morgan fingerprint density at radius 2 is 1.68 bits per heavy atom. The molecule has 28 heavy (non-hydrogen) atoms. The quantitative estimate of drug-likeness (QED) is 0.722. The maximum absolute atomic E-state index is 14.3. The maximum atomic E-state index is 14.3. The van der Waals surface area contributed by atoms with Crippen molar-refractivity contribution in [3.05, 3.63) is 65.5 Å². The molecule has 0 aliphatic rings. The summed E-state index contributed by atoms with van der Waals surface area (Å²) in [4.78, 5) is 13.0. The van der Waals surface area contributed by atoms with Gasteiger partial charge in [-0.05, 0) is 37.5 Å². The number of nitrogens with one attached hydrogen (secondary N) is 1. The topological polar surface area (TPSA) is 66.5 Å². The molecule has 0 saturated carbocycles. The molecule has 0 aliphatic heterocycles. The van der Waals surface area contributed by atoms with Crippen LogP contribution in [0, 0.1) is 12.7 Å². The van der Waals surface area contributed by atoms with Gasteiger partial charge in [0, 0.05) is 0 Å². The summed E-state index contributed by atoms with van der Waals surface area (Å²) in [6.45, 7) is 5.63. The molecule has 0 saturated heterocycles. The first kappa shape index (κ1) is 21.9. The fourth-order valence-electron chi connectivity index (χ4n) is 3.15. The van der Waals surface area contributed by atoms with Crippen LogP contribution in [0.25, 0.3) is 0 Å². The van der Waals surface area contributed by atoms with Crippen molar-refractivity contribution < 1.29 is 17.6 Å². The van der Waals surface area contributed by atoms with Crippen LogP contribution in [0.5, 0.6) is 0 Å². The van der Waals surface area contributed by atoms with E-state index in [1.807, 2.05) is 38.1 Å². The summed E-state index contributed by atoms with van der Waals surface area (Å²) in [6.07, 6.45) is 1.83. The number of carbonyl (C=O) groups excluding carboxylic acids is 1. The minimum atomic E-state index is -3.88. The summed E-state index contributed by atoms with van der Waals surface area (Å²) in [5.74, 6) is -1.15. The van der Waals surface area contributed by atoms with Gasteiger partial charge in [-0.3, -0.25) is 9.10 Å². The monoisotopic (exact) mass is 406 g/mol. The molecule has 2 aromatic rings. The number of rotatable bonds is 8. The van der Waals surface area contributed by atoms with Crippen LogP contribution >= 0.6 is 0 Å². The standard InChI is InChI=1S/C21H27FN2O3S/c1-5-18(16-13-11-15(3)12-14-16)23-21(25)19(6-2)24(28(4,26)27)20-10-8-7-9-17(20)22/h7-14,18-19H,5-6H2,1-4H3,(H,23,25)/t18-,19-/m0/s1. The lowest BCUT2D eigenvalue weighted by Gasteiger charge is -2.31. The first-order valence-corrected chi connectivity index (χ1v) is 11.1. The number of sulfonamides is 1. The van der Waals surface area contributed by atoms with Crippen LogP contribution in [-0.4, -0.2) is 26.6 Å². The molecule has 0 aromatic heterocycles. The molecule has 5 nitrogen and oxygen atoms in total. The Bertz CT molecular complexity index is 914. The van der Waals surface area contributed by atoms with Crippen LogP contribution in [0.4, 0.5) is 10.1 Å². The van der Waals surface area contributed by atoms with Gasteiger partial charge in [-0.15, -0.1) is 0 Å². The average molecular weight is 407 g/mol. The molecule has 2 aromatic carbocycles. The zero-order valence-electron chi connectivity index (χ0n) is 16.6. The molecule has 2 rings (SSSR count). The first-order valence-electron chi connectivity index (χ1n) is 9.29. The van der Waals surface area contributed by atoms with Crippen molar-refractivity contribution in [1.82, 2.24) is 5.32 Å². The van der Waals surface area contributed by atoms with E-state index in [0.717, 1.165) is 21.7 Å². The Balaban J connectivity index is 2.36. The zero-order chi connectivity index (χ0) is 20.9. The molecule has 0 bridgehead atoms. The Morgan fingerprint density at radius 3 is 2.18 bits per heavy atom. The molecular formula is C21H27FN2O3S. The number of hydrogen-bond acceptors (Lipinski definition) is 3. The largest absolute Gasteiger partial charge is 0.347 e. The summed E-state index contributed by atoms with van der Waals surface area (Å²) < 4.78 is 40.1. The van der Waals surface area contributed by atoms with Crippen molar-refractivity contribution in [2.24, 2.45) is 0 Å². The summed E-state index contributed by atoms with van der Waals surface area (Å²) in [6, 6.07) is 12.1. The highest BCUT2D eigenvalue weighted by atomic mass is 32.2. The van der Waals surface area contributed by atoms with Gasteiger partial charge in [-0.1, -0.05) is 55.8 Å². The molecule has 1 N–H and O–H groups in total. The van der Waals surface area contributed by atoms with Gasteiger partial charge in [0.05, 0.1) is 18.0 Å². The Kier molecular flexibility index (Phi) is 7.18. The fourth-order valence-corrected chi connectivity index (χ4v) is 4.37. The highest BCUT2D eigenvalue weighted by molar-refractivity contribution is 7.92. The predicted octanol–water partition coefficient (Wildman–Crippen LogP) is 3.95. The zero-order valence-corrected chi connectivity index (χ0v) is 17.5. The van der Waals surface area contributed by atoms with E-state index >= 15 is 0 Å². The van der Waals surface area contributed by atoms with Crippen LogP contribution in [0.1, 0.15) is 43.9 Å². The predicted molar refractivity (Wildman–Crippen MR) is 110 cm³/mol. The molecule has 7 heteroatoms. The first-order chi connectivity index (χ1) is 13.2. The van der Waals surface area contributed by atoms with Crippen molar-refractivity contribution in [2.45, 2.75) is 45.7 Å². The highest BCUT2D eigenvalue weighted by Gasteiger charge is 2.33. The van der Waals surface area contributed by atoms with Gasteiger partial charge in [-0.2, -0.15) is 0 Å². The summed E-state index contributed by atoms with van der Waals surface area (Å²) in [5.41, 5.74) is 1.92. The number of anilines is 1. The number of halogens is 1. The molecule has 152 valence electrons. The highest BCUT2D eigenvalue weighted by Crippen LogP contribution is 2.26. The van der Waals surface area contributed by atoms with E-state index in [4.69, 9.17) is 0 Å². The number of nitrogens with zero attached hydrogens (tertiary/aromatic N) is 1. The third-order valence-corrected chi connectivity index (χ3v) is 5.79. The van der Waals surface area contributed by atoms with E-state index in [-0.39, 0.29) is 18.2 Å². The molecular weight excluding hydrogens is 379 g/mol. The third kappa shape index (κ3) is 5.10. The van der Waals surface area contributed by atoms with Crippen LogP contribution in [0.3, 0.4) is 0 Å². The van der Waals surface area contributed by atoms with Crippen LogP contribution in [-0.2, 0) is 14.8 Å². The van der Waals surface area contributed by atoms with E-state index < -0.39 is 27.8 Å². The van der Waals surface area contributed by atoms with Gasteiger partial charge in [-0.25, -0.2) is 12.8 Å². The lowest BCUT2D eigenvalue weighted by molar-refractivity contribution is -0.123. The Morgan fingerprint density at radius 1 is 1.07 bits per heavy atom. The molecule has 0 fully saturated rings. The molecule has 0 aliphatic carbocycles. The van der Waals surface area contributed by atoms with E-state index in [9.17, 15) is 17.6 Å². The minimum absolute atomic E-state index is 0.129. The molecule has 0 unspecified atom stereocenters. The van der Waals surface area contributed by atoms with E-state index in [0.29, 0.717) is 6.42 Å². The van der Waals surface area contributed by atoms with Crippen LogP contribution < -0.4 is 9.62 Å². The van der Waals surface area contributed by atoms with Gasteiger partial charge in [0.15, 0.2) is 0 Å². The number of para-hydroxylation sites is 1. The lowest BCUT2D eigenvalue weighted by atomic mass is 10.0.